The van der Waals surface area contributed by atoms with E-state index in [9.17, 15) is 9.59 Å². The number of nitrogens with one attached hydrogen (secondary N) is 1. The summed E-state index contributed by atoms with van der Waals surface area (Å²) in [5.41, 5.74) is 0. The fourth-order valence-corrected chi connectivity index (χ4v) is 1.06. The Kier molecular flexibility index (Phi) is 6.90. The van der Waals surface area contributed by atoms with Crippen LogP contribution in [0.25, 0.3) is 0 Å². The lowest BCUT2D eigenvalue weighted by Crippen LogP contribution is -2.41. The molecule has 0 aliphatic heterocycles. The Hall–Kier alpha value is -0.940. The SMILES string of the molecule is CCOC(=O)CC(NCC(C)O)C(C)=O. The summed E-state index contributed by atoms with van der Waals surface area (Å²) in [6.07, 6.45) is -0.537. The number of ketones is 1. The predicted octanol–water partition coefficient (Wildman–Crippen LogP) is -0.132. The van der Waals surface area contributed by atoms with Gasteiger partial charge in [-0.3, -0.25) is 9.59 Å². The Morgan fingerprint density at radius 2 is 2.07 bits per heavy atom. The Morgan fingerprint density at radius 1 is 1.47 bits per heavy atom. The molecule has 2 unspecified atom stereocenters. The molecular formula is C10H19NO4. The van der Waals surface area contributed by atoms with Gasteiger partial charge in [0.15, 0.2) is 0 Å². The summed E-state index contributed by atoms with van der Waals surface area (Å²) in [4.78, 5) is 22.3. The zero-order chi connectivity index (χ0) is 11.8. The van der Waals surface area contributed by atoms with E-state index in [1.807, 2.05) is 0 Å². The molecule has 0 radical (unpaired) electrons. The number of ether oxygens (including phenoxy) is 1. The molecule has 0 saturated heterocycles. The van der Waals surface area contributed by atoms with Gasteiger partial charge >= 0.3 is 5.97 Å². The maximum absolute atomic E-state index is 11.1. The Balaban J connectivity index is 4.04. The lowest BCUT2D eigenvalue weighted by Gasteiger charge is -2.15. The number of aliphatic hydroxyl groups excluding tert-OH is 1. The lowest BCUT2D eigenvalue weighted by atomic mass is 10.1. The van der Waals surface area contributed by atoms with Crippen molar-refractivity contribution < 1.29 is 19.4 Å². The van der Waals surface area contributed by atoms with Crippen molar-refractivity contribution in [2.45, 2.75) is 39.3 Å². The van der Waals surface area contributed by atoms with Crippen molar-refractivity contribution in [2.24, 2.45) is 0 Å². The minimum absolute atomic E-state index is 0.00981. The third-order valence-corrected chi connectivity index (χ3v) is 1.83. The second-order valence-electron chi connectivity index (χ2n) is 3.43. The van der Waals surface area contributed by atoms with Crippen LogP contribution < -0.4 is 5.32 Å². The monoisotopic (exact) mass is 217 g/mol. The number of carbonyl (C=O) groups is 2. The molecule has 0 heterocycles. The summed E-state index contributed by atoms with van der Waals surface area (Å²) in [5.74, 6) is -0.542. The predicted molar refractivity (Wildman–Crippen MR) is 55.4 cm³/mol. The van der Waals surface area contributed by atoms with Crippen molar-refractivity contribution >= 4 is 11.8 Å². The highest BCUT2D eigenvalue weighted by atomic mass is 16.5. The van der Waals surface area contributed by atoms with Crippen molar-refractivity contribution in [3.05, 3.63) is 0 Å². The normalized spacial score (nSPS) is 14.4. The fourth-order valence-electron chi connectivity index (χ4n) is 1.06. The summed E-state index contributed by atoms with van der Waals surface area (Å²) in [6, 6.07) is -0.571. The molecule has 0 saturated carbocycles. The van der Waals surface area contributed by atoms with E-state index in [2.05, 4.69) is 5.32 Å². The summed E-state index contributed by atoms with van der Waals surface area (Å²) in [6.45, 7) is 5.31. The number of hydrogen-bond acceptors (Lipinski definition) is 5. The molecule has 0 spiro atoms. The van der Waals surface area contributed by atoms with Crippen LogP contribution >= 0.6 is 0 Å². The number of esters is 1. The number of rotatable bonds is 7. The molecule has 0 aliphatic rings. The average Bonchev–Trinajstić information content (AvgIpc) is 2.11. The van der Waals surface area contributed by atoms with Crippen LogP contribution in [0.5, 0.6) is 0 Å². The van der Waals surface area contributed by atoms with E-state index in [1.54, 1.807) is 13.8 Å². The molecular weight excluding hydrogens is 198 g/mol. The molecule has 2 atom stereocenters. The van der Waals surface area contributed by atoms with Crippen molar-refractivity contribution in [3.8, 4) is 0 Å². The van der Waals surface area contributed by atoms with E-state index < -0.39 is 18.1 Å². The second kappa shape index (κ2) is 7.36. The molecule has 5 nitrogen and oxygen atoms in total. The second-order valence-corrected chi connectivity index (χ2v) is 3.43. The van der Waals surface area contributed by atoms with Crippen LogP contribution in [0, 0.1) is 0 Å². The molecule has 0 amide bonds. The Morgan fingerprint density at radius 3 is 2.47 bits per heavy atom. The molecule has 0 aromatic heterocycles. The van der Waals surface area contributed by atoms with Crippen molar-refractivity contribution in [1.29, 1.82) is 0 Å². The summed E-state index contributed by atoms with van der Waals surface area (Å²) >= 11 is 0. The van der Waals surface area contributed by atoms with Crippen LogP contribution in [0.3, 0.4) is 0 Å². The van der Waals surface area contributed by atoms with Gasteiger partial charge < -0.3 is 15.2 Å². The number of aliphatic hydroxyl groups is 1. The molecule has 15 heavy (non-hydrogen) atoms. The lowest BCUT2D eigenvalue weighted by molar-refractivity contribution is -0.145. The fraction of sp³-hybridized carbons (Fsp3) is 0.800. The van der Waals surface area contributed by atoms with Gasteiger partial charge in [-0.05, 0) is 20.8 Å². The van der Waals surface area contributed by atoms with Crippen molar-refractivity contribution in [3.63, 3.8) is 0 Å². The standard InChI is InChI=1S/C10H19NO4/c1-4-15-10(14)5-9(8(3)13)11-6-7(2)12/h7,9,11-12H,4-6H2,1-3H3. The molecule has 0 aromatic rings. The quantitative estimate of drug-likeness (QED) is 0.581. The van der Waals surface area contributed by atoms with Crippen LogP contribution in [-0.4, -0.2) is 42.2 Å². The highest BCUT2D eigenvalue weighted by Gasteiger charge is 2.18. The summed E-state index contributed by atoms with van der Waals surface area (Å²) in [7, 11) is 0. The maximum atomic E-state index is 11.1. The first-order chi connectivity index (χ1) is 6.97. The molecule has 0 rings (SSSR count). The molecule has 0 bridgehead atoms. The number of carbonyl (C=O) groups excluding carboxylic acids is 2. The number of hydrogen-bond donors (Lipinski definition) is 2. The maximum Gasteiger partial charge on any atom is 0.307 e. The van der Waals surface area contributed by atoms with Crippen LogP contribution in [0.4, 0.5) is 0 Å². The zero-order valence-corrected chi connectivity index (χ0v) is 9.45. The highest BCUT2D eigenvalue weighted by Crippen LogP contribution is 1.97. The first-order valence-corrected chi connectivity index (χ1v) is 5.04. The molecule has 0 aromatic carbocycles. The van der Waals surface area contributed by atoms with Crippen LogP contribution in [-0.2, 0) is 14.3 Å². The topological polar surface area (TPSA) is 75.6 Å². The van der Waals surface area contributed by atoms with Gasteiger partial charge in [0.1, 0.15) is 5.78 Å². The van der Waals surface area contributed by atoms with Gasteiger partial charge in [0, 0.05) is 6.54 Å². The first kappa shape index (κ1) is 14.1. The van der Waals surface area contributed by atoms with E-state index in [0.29, 0.717) is 6.61 Å². The largest absolute Gasteiger partial charge is 0.466 e. The first-order valence-electron chi connectivity index (χ1n) is 5.04. The van der Waals surface area contributed by atoms with Crippen molar-refractivity contribution in [2.75, 3.05) is 13.2 Å². The van der Waals surface area contributed by atoms with Crippen LogP contribution in [0.2, 0.25) is 0 Å². The molecule has 2 N–H and O–H groups in total. The van der Waals surface area contributed by atoms with E-state index in [1.165, 1.54) is 6.92 Å². The highest BCUT2D eigenvalue weighted by molar-refractivity contribution is 5.86. The third kappa shape index (κ3) is 7.04. The van der Waals surface area contributed by atoms with Crippen LogP contribution in [0.1, 0.15) is 27.2 Å². The minimum atomic E-state index is -0.571. The van der Waals surface area contributed by atoms with E-state index in [4.69, 9.17) is 9.84 Å². The minimum Gasteiger partial charge on any atom is -0.466 e. The van der Waals surface area contributed by atoms with Crippen molar-refractivity contribution in [1.82, 2.24) is 5.32 Å². The van der Waals surface area contributed by atoms with Gasteiger partial charge in [-0.1, -0.05) is 0 Å². The smallest absolute Gasteiger partial charge is 0.307 e. The summed E-state index contributed by atoms with van der Waals surface area (Å²) in [5, 5.41) is 11.8. The molecule has 0 fully saturated rings. The van der Waals surface area contributed by atoms with Crippen LogP contribution in [0.15, 0.2) is 0 Å². The van der Waals surface area contributed by atoms with Gasteiger partial charge in [0.2, 0.25) is 0 Å². The average molecular weight is 217 g/mol. The van der Waals surface area contributed by atoms with E-state index in [-0.39, 0.29) is 18.7 Å². The number of Topliss-reactive ketones (excluding diaryl/α,β-unsaturated/α-hetero) is 1. The van der Waals surface area contributed by atoms with E-state index in [0.717, 1.165) is 0 Å². The van der Waals surface area contributed by atoms with E-state index >= 15 is 0 Å². The molecule has 88 valence electrons. The Labute approximate surface area is 89.8 Å². The van der Waals surface area contributed by atoms with Gasteiger partial charge in [-0.15, -0.1) is 0 Å². The Bertz CT molecular complexity index is 215. The van der Waals surface area contributed by atoms with Gasteiger partial charge in [-0.25, -0.2) is 0 Å². The summed E-state index contributed by atoms with van der Waals surface area (Å²) < 4.78 is 4.74. The van der Waals surface area contributed by atoms with Gasteiger partial charge in [0.25, 0.3) is 0 Å². The van der Waals surface area contributed by atoms with Gasteiger partial charge in [-0.2, -0.15) is 0 Å². The molecule has 5 heteroatoms. The van der Waals surface area contributed by atoms with Gasteiger partial charge in [0.05, 0.1) is 25.2 Å². The third-order valence-electron chi connectivity index (χ3n) is 1.83. The zero-order valence-electron chi connectivity index (χ0n) is 9.45. The molecule has 0 aliphatic carbocycles.